The maximum absolute atomic E-state index is 12.5. The number of carbonyl (C=O) groups excluding carboxylic acids is 1. The monoisotopic (exact) mass is 525 g/mol. The number of hydrogen-bond acceptors (Lipinski definition) is 11. The van der Waals surface area contributed by atoms with Gasteiger partial charge in [-0.3, -0.25) is 9.88 Å². The minimum absolute atomic E-state index is 0.0516. The Balaban J connectivity index is 1.35. The molecule has 37 heavy (non-hydrogen) atoms. The lowest BCUT2D eigenvalue weighted by Crippen LogP contribution is -2.44. The second kappa shape index (κ2) is 11.2. The molecule has 3 heterocycles. The summed E-state index contributed by atoms with van der Waals surface area (Å²) < 4.78 is 18.2. The summed E-state index contributed by atoms with van der Waals surface area (Å²) in [5.74, 6) is -1.98. The van der Waals surface area contributed by atoms with Crippen LogP contribution in [0.15, 0.2) is 29.7 Å². The van der Waals surface area contributed by atoms with Crippen LogP contribution in [0.25, 0.3) is 0 Å². The summed E-state index contributed by atoms with van der Waals surface area (Å²) in [7, 11) is 0. The van der Waals surface area contributed by atoms with Gasteiger partial charge in [-0.05, 0) is 38.7 Å². The van der Waals surface area contributed by atoms with Gasteiger partial charge < -0.3 is 29.5 Å². The van der Waals surface area contributed by atoms with Gasteiger partial charge in [0.2, 0.25) is 11.6 Å². The first-order chi connectivity index (χ1) is 17.6. The fraction of sp³-hybridized carbons (Fsp3) is 0.708. The highest BCUT2D eigenvalue weighted by molar-refractivity contribution is 5.83. The van der Waals surface area contributed by atoms with Crippen LogP contribution in [0.1, 0.15) is 58.6 Å². The normalized spacial score (nSPS) is 36.4. The first-order valence-electron chi connectivity index (χ1n) is 12.5. The largest absolute Gasteiger partial charge is 0.446 e. The minimum Gasteiger partial charge on any atom is -0.446 e. The van der Waals surface area contributed by atoms with Crippen LogP contribution in [0, 0.1) is 5.92 Å². The third-order valence-electron chi connectivity index (χ3n) is 7.18. The molecule has 2 aliphatic heterocycles. The Labute approximate surface area is 213 Å². The fourth-order valence-corrected chi connectivity index (χ4v) is 5.16. The number of nitrogens with one attached hydrogen (secondary N) is 1. The molecule has 3 aliphatic rings. The van der Waals surface area contributed by atoms with Crippen molar-refractivity contribution in [1.82, 2.24) is 9.55 Å². The van der Waals surface area contributed by atoms with Crippen LogP contribution in [0.5, 0.6) is 0 Å². The summed E-state index contributed by atoms with van der Waals surface area (Å²) >= 11 is 0. The number of rotatable bonds is 8. The van der Waals surface area contributed by atoms with E-state index >= 15 is 0 Å². The molecule has 13 heteroatoms. The number of aliphatic hydroxyl groups is 3. The lowest BCUT2D eigenvalue weighted by atomic mass is 9.89. The highest BCUT2D eigenvalue weighted by Crippen LogP contribution is 2.47. The van der Waals surface area contributed by atoms with Gasteiger partial charge in [0.25, 0.3) is 0 Å². The summed E-state index contributed by atoms with van der Waals surface area (Å²) in [6, 6.07) is 1.33. The first kappa shape index (κ1) is 27.6. The second-order valence-corrected chi connectivity index (χ2v) is 9.81. The summed E-state index contributed by atoms with van der Waals surface area (Å²) in [6.07, 6.45) is 0.360. The van der Waals surface area contributed by atoms with Gasteiger partial charge in [0.05, 0.1) is 6.61 Å². The molecular weight excluding hydrogens is 490 g/mol. The molecule has 1 spiro atoms. The SMILES string of the molecule is C=CCC(CC)[C@@]1(C)OO[C@@]2(CCCC(OC(=O)Nc3ccn([C@@H]4O[C@H](CO)[C@@H](O)[C@@H]4O)c(=O)n3)C2)O1. The predicted molar refractivity (Wildman–Crippen MR) is 127 cm³/mol. The topological polar surface area (TPSA) is 171 Å². The molecule has 1 amide bonds. The number of amides is 1. The van der Waals surface area contributed by atoms with Crippen LogP contribution in [0.4, 0.5) is 10.6 Å². The smallest absolute Gasteiger partial charge is 0.413 e. The molecule has 1 saturated carbocycles. The van der Waals surface area contributed by atoms with Gasteiger partial charge in [0, 0.05) is 25.0 Å². The third-order valence-corrected chi connectivity index (χ3v) is 7.18. The van der Waals surface area contributed by atoms with Crippen LogP contribution < -0.4 is 11.0 Å². The molecule has 1 aromatic rings. The Morgan fingerprint density at radius 2 is 2.19 bits per heavy atom. The van der Waals surface area contributed by atoms with Gasteiger partial charge in [0.1, 0.15) is 30.2 Å². The van der Waals surface area contributed by atoms with E-state index in [1.807, 2.05) is 19.9 Å². The fourth-order valence-electron chi connectivity index (χ4n) is 5.16. The van der Waals surface area contributed by atoms with Gasteiger partial charge in [-0.15, -0.1) is 6.58 Å². The Morgan fingerprint density at radius 3 is 2.84 bits per heavy atom. The molecule has 4 rings (SSSR count). The summed E-state index contributed by atoms with van der Waals surface area (Å²) in [5.41, 5.74) is -0.835. The molecule has 2 unspecified atom stereocenters. The highest BCUT2D eigenvalue weighted by atomic mass is 17.3. The molecule has 13 nitrogen and oxygen atoms in total. The van der Waals surface area contributed by atoms with E-state index in [2.05, 4.69) is 16.9 Å². The van der Waals surface area contributed by atoms with Crippen molar-refractivity contribution in [2.45, 2.75) is 94.6 Å². The Morgan fingerprint density at radius 1 is 1.41 bits per heavy atom. The number of nitrogens with zero attached hydrogens (tertiary/aromatic N) is 2. The molecule has 2 saturated heterocycles. The Hall–Kier alpha value is -2.39. The number of anilines is 1. The minimum atomic E-state index is -1.44. The van der Waals surface area contributed by atoms with Crippen molar-refractivity contribution in [1.29, 1.82) is 0 Å². The van der Waals surface area contributed by atoms with Crippen LogP contribution in [0.3, 0.4) is 0 Å². The molecule has 0 aromatic carbocycles. The molecule has 0 bridgehead atoms. The van der Waals surface area contributed by atoms with E-state index in [-0.39, 0.29) is 18.2 Å². The van der Waals surface area contributed by atoms with E-state index in [0.717, 1.165) is 11.0 Å². The molecule has 3 fully saturated rings. The average Bonchev–Trinajstić information content (AvgIpc) is 3.33. The quantitative estimate of drug-likeness (QED) is 0.285. The number of aromatic nitrogens is 2. The van der Waals surface area contributed by atoms with E-state index in [9.17, 15) is 24.9 Å². The van der Waals surface area contributed by atoms with Crippen LogP contribution in [-0.4, -0.2) is 73.6 Å². The zero-order valence-electron chi connectivity index (χ0n) is 20.9. The van der Waals surface area contributed by atoms with E-state index in [0.29, 0.717) is 25.7 Å². The van der Waals surface area contributed by atoms with Crippen molar-refractivity contribution in [3.8, 4) is 0 Å². The summed E-state index contributed by atoms with van der Waals surface area (Å²) in [6.45, 7) is 7.15. The molecule has 4 N–H and O–H groups in total. The van der Waals surface area contributed by atoms with Crippen molar-refractivity contribution >= 4 is 11.9 Å². The Bertz CT molecular complexity index is 1040. The zero-order chi connectivity index (χ0) is 26.8. The molecular formula is C24H35N3O10. The number of allylic oxidation sites excluding steroid dienone is 1. The lowest BCUT2D eigenvalue weighted by Gasteiger charge is -2.36. The van der Waals surface area contributed by atoms with E-state index in [4.69, 9.17) is 24.0 Å². The van der Waals surface area contributed by atoms with Crippen molar-refractivity contribution in [2.75, 3.05) is 11.9 Å². The van der Waals surface area contributed by atoms with E-state index < -0.39 is 60.6 Å². The van der Waals surface area contributed by atoms with Crippen molar-refractivity contribution in [3.05, 3.63) is 35.4 Å². The van der Waals surface area contributed by atoms with Crippen LogP contribution in [0.2, 0.25) is 0 Å². The van der Waals surface area contributed by atoms with Gasteiger partial charge >= 0.3 is 11.8 Å². The lowest BCUT2D eigenvalue weighted by molar-refractivity contribution is -0.361. The second-order valence-electron chi connectivity index (χ2n) is 9.81. The Kier molecular flexibility index (Phi) is 8.33. The summed E-state index contributed by atoms with van der Waals surface area (Å²) in [4.78, 5) is 40.1. The average molecular weight is 526 g/mol. The number of carbonyl (C=O) groups is 1. The molecule has 1 aliphatic carbocycles. The van der Waals surface area contributed by atoms with Gasteiger partial charge in [-0.2, -0.15) is 14.8 Å². The van der Waals surface area contributed by atoms with Crippen LogP contribution in [-0.2, 0) is 24.0 Å². The number of hydrogen-bond donors (Lipinski definition) is 4. The zero-order valence-corrected chi connectivity index (χ0v) is 20.9. The van der Waals surface area contributed by atoms with Crippen LogP contribution >= 0.6 is 0 Å². The van der Waals surface area contributed by atoms with Gasteiger partial charge in [0.15, 0.2) is 6.23 Å². The number of ether oxygens (including phenoxy) is 3. The summed E-state index contributed by atoms with van der Waals surface area (Å²) in [5, 5.41) is 31.7. The molecule has 0 radical (unpaired) electrons. The van der Waals surface area contributed by atoms with E-state index in [1.54, 1.807) is 0 Å². The molecule has 206 valence electrons. The van der Waals surface area contributed by atoms with Crippen molar-refractivity contribution < 1.29 is 44.1 Å². The highest BCUT2D eigenvalue weighted by Gasteiger charge is 2.55. The van der Waals surface area contributed by atoms with E-state index in [1.165, 1.54) is 12.3 Å². The third kappa shape index (κ3) is 5.72. The van der Waals surface area contributed by atoms with Gasteiger partial charge in [-0.1, -0.05) is 13.0 Å². The number of aliphatic hydroxyl groups excluding tert-OH is 3. The molecule has 8 atom stereocenters. The van der Waals surface area contributed by atoms with Gasteiger partial charge in [-0.25, -0.2) is 9.59 Å². The predicted octanol–water partition coefficient (Wildman–Crippen LogP) is 1.34. The van der Waals surface area contributed by atoms with Crippen molar-refractivity contribution in [3.63, 3.8) is 0 Å². The standard InChI is InChI=1S/C24H35N3O10/c1-4-7-14(5-2)23(3)35-24(37-36-23)10-6-8-15(12-24)33-22(32)26-17-9-11-27(21(31)25-17)20-19(30)18(29)16(13-28)34-20/h4,9,11,14-16,18-20,28-30H,1,5-8,10,12-13H2,2-3H3,(H,25,26,31,32)/t14?,15?,16-,18-,19+,20-,23-,24-/m1/s1. The first-order valence-corrected chi connectivity index (χ1v) is 12.5. The maximum Gasteiger partial charge on any atom is 0.413 e. The maximum atomic E-state index is 12.5. The molecule has 1 aromatic heterocycles. The van der Waals surface area contributed by atoms with Crippen molar-refractivity contribution in [2.24, 2.45) is 5.92 Å².